The van der Waals surface area contributed by atoms with Crippen molar-refractivity contribution in [1.82, 2.24) is 0 Å². The first kappa shape index (κ1) is 11.8. The van der Waals surface area contributed by atoms with Crippen molar-refractivity contribution in [3.05, 3.63) is 24.0 Å². The first-order valence-corrected chi connectivity index (χ1v) is 6.85. The summed E-state index contributed by atoms with van der Waals surface area (Å²) in [5.74, 6) is -0.247. The largest absolute Gasteiger partial charge is 0.398 e. The molecule has 0 bridgehead atoms. The lowest BCUT2D eigenvalue weighted by Gasteiger charge is -2.14. The summed E-state index contributed by atoms with van der Waals surface area (Å²) in [5, 5.41) is 0.662. The van der Waals surface area contributed by atoms with Gasteiger partial charge < -0.3 is 5.73 Å². The highest BCUT2D eigenvalue weighted by Gasteiger charge is 2.14. The third kappa shape index (κ3) is 3.14. The standard InChI is InChI=1S/C13H18FNS/c14-10-7-8-13(12(15)9-10)16-11-5-3-1-2-4-6-11/h7-9,11H,1-6,15H2. The van der Waals surface area contributed by atoms with Crippen molar-refractivity contribution in [3.8, 4) is 0 Å². The van der Waals surface area contributed by atoms with Crippen LogP contribution in [0.15, 0.2) is 23.1 Å². The summed E-state index contributed by atoms with van der Waals surface area (Å²) in [6, 6.07) is 4.72. The lowest BCUT2D eigenvalue weighted by Crippen LogP contribution is -2.01. The molecule has 2 N–H and O–H groups in total. The maximum absolute atomic E-state index is 12.9. The van der Waals surface area contributed by atoms with Gasteiger partial charge in [-0.25, -0.2) is 4.39 Å². The van der Waals surface area contributed by atoms with Crippen LogP contribution in [0.5, 0.6) is 0 Å². The number of halogens is 1. The molecule has 16 heavy (non-hydrogen) atoms. The zero-order valence-corrected chi connectivity index (χ0v) is 10.2. The molecule has 1 aromatic rings. The van der Waals surface area contributed by atoms with E-state index in [0.717, 1.165) is 4.90 Å². The molecule has 0 radical (unpaired) electrons. The molecule has 1 aromatic carbocycles. The van der Waals surface area contributed by atoms with E-state index in [0.29, 0.717) is 10.9 Å². The molecular formula is C13H18FNS. The van der Waals surface area contributed by atoms with Crippen molar-refractivity contribution >= 4 is 17.4 Å². The minimum absolute atomic E-state index is 0.247. The highest BCUT2D eigenvalue weighted by atomic mass is 32.2. The summed E-state index contributed by atoms with van der Waals surface area (Å²) in [5.41, 5.74) is 6.39. The molecule has 0 amide bonds. The Balaban J connectivity index is 2.01. The number of nitrogens with two attached hydrogens (primary N) is 1. The van der Waals surface area contributed by atoms with Gasteiger partial charge in [0, 0.05) is 15.8 Å². The number of rotatable bonds is 2. The number of nitrogen functional groups attached to an aromatic ring is 1. The summed E-state index contributed by atoms with van der Waals surface area (Å²) < 4.78 is 12.9. The Labute approximate surface area is 101 Å². The Morgan fingerprint density at radius 1 is 1.12 bits per heavy atom. The molecule has 88 valence electrons. The van der Waals surface area contributed by atoms with E-state index in [-0.39, 0.29) is 5.82 Å². The van der Waals surface area contributed by atoms with Crippen LogP contribution in [0.3, 0.4) is 0 Å². The van der Waals surface area contributed by atoms with Gasteiger partial charge in [-0.15, -0.1) is 11.8 Å². The lowest BCUT2D eigenvalue weighted by atomic mass is 10.2. The molecule has 0 atom stereocenters. The number of thioether (sulfide) groups is 1. The van der Waals surface area contributed by atoms with E-state index >= 15 is 0 Å². The summed E-state index contributed by atoms with van der Waals surface area (Å²) in [4.78, 5) is 1.04. The lowest BCUT2D eigenvalue weighted by molar-refractivity contribution is 0.627. The third-order valence-corrected chi connectivity index (χ3v) is 4.50. The van der Waals surface area contributed by atoms with E-state index in [1.165, 1.54) is 50.7 Å². The van der Waals surface area contributed by atoms with Crippen LogP contribution in [0.25, 0.3) is 0 Å². The summed E-state index contributed by atoms with van der Waals surface area (Å²) in [6.45, 7) is 0. The Morgan fingerprint density at radius 2 is 1.81 bits per heavy atom. The molecular weight excluding hydrogens is 221 g/mol. The van der Waals surface area contributed by atoms with Crippen molar-refractivity contribution in [2.24, 2.45) is 0 Å². The zero-order valence-electron chi connectivity index (χ0n) is 9.42. The van der Waals surface area contributed by atoms with Gasteiger partial charge in [0.25, 0.3) is 0 Å². The number of hydrogen-bond donors (Lipinski definition) is 1. The van der Waals surface area contributed by atoms with Crippen LogP contribution < -0.4 is 5.73 Å². The summed E-state index contributed by atoms with van der Waals surface area (Å²) in [7, 11) is 0. The average Bonchev–Trinajstić information content (AvgIpc) is 2.51. The highest BCUT2D eigenvalue weighted by Crippen LogP contribution is 2.35. The molecule has 1 saturated carbocycles. The van der Waals surface area contributed by atoms with E-state index in [2.05, 4.69) is 0 Å². The van der Waals surface area contributed by atoms with Crippen LogP contribution in [-0.4, -0.2) is 5.25 Å². The molecule has 0 saturated heterocycles. The number of benzene rings is 1. The second-order valence-electron chi connectivity index (χ2n) is 4.41. The first-order chi connectivity index (χ1) is 7.75. The summed E-state index contributed by atoms with van der Waals surface area (Å²) in [6.07, 6.45) is 7.88. The molecule has 0 aliphatic heterocycles. The van der Waals surface area contributed by atoms with Crippen molar-refractivity contribution < 1.29 is 4.39 Å². The molecule has 0 aromatic heterocycles. The average molecular weight is 239 g/mol. The van der Waals surface area contributed by atoms with Crippen LogP contribution in [0.4, 0.5) is 10.1 Å². The van der Waals surface area contributed by atoms with E-state index < -0.39 is 0 Å². The SMILES string of the molecule is Nc1cc(F)ccc1SC1CCCCCC1. The first-order valence-electron chi connectivity index (χ1n) is 5.97. The smallest absolute Gasteiger partial charge is 0.125 e. The monoisotopic (exact) mass is 239 g/mol. The number of hydrogen-bond acceptors (Lipinski definition) is 2. The molecule has 0 unspecified atom stereocenters. The van der Waals surface area contributed by atoms with Gasteiger partial charge in [-0.3, -0.25) is 0 Å². The van der Waals surface area contributed by atoms with Crippen LogP contribution in [0, 0.1) is 5.82 Å². The van der Waals surface area contributed by atoms with Gasteiger partial charge in [-0.05, 0) is 31.0 Å². The van der Waals surface area contributed by atoms with Crippen LogP contribution in [-0.2, 0) is 0 Å². The normalized spacial score (nSPS) is 18.3. The fourth-order valence-corrected chi connectivity index (χ4v) is 3.44. The molecule has 3 heteroatoms. The molecule has 1 aliphatic rings. The van der Waals surface area contributed by atoms with Gasteiger partial charge in [0.1, 0.15) is 5.82 Å². The second-order valence-corrected chi connectivity index (χ2v) is 5.76. The fraction of sp³-hybridized carbons (Fsp3) is 0.538. The minimum atomic E-state index is -0.247. The van der Waals surface area contributed by atoms with Crippen molar-refractivity contribution in [2.45, 2.75) is 48.7 Å². The predicted octanol–water partition coefficient (Wildman–Crippen LogP) is 4.22. The maximum Gasteiger partial charge on any atom is 0.125 e. The molecule has 0 heterocycles. The van der Waals surface area contributed by atoms with Crippen LogP contribution in [0.1, 0.15) is 38.5 Å². The Kier molecular flexibility index (Phi) is 4.10. The maximum atomic E-state index is 12.9. The van der Waals surface area contributed by atoms with Crippen LogP contribution >= 0.6 is 11.8 Å². The quantitative estimate of drug-likeness (QED) is 0.617. The molecule has 0 spiro atoms. The zero-order chi connectivity index (χ0) is 11.4. The van der Waals surface area contributed by atoms with Crippen LogP contribution in [0.2, 0.25) is 0 Å². The van der Waals surface area contributed by atoms with Crippen molar-refractivity contribution in [2.75, 3.05) is 5.73 Å². The Bertz CT molecular complexity index is 346. The molecule has 2 rings (SSSR count). The van der Waals surface area contributed by atoms with Crippen molar-refractivity contribution in [1.29, 1.82) is 0 Å². The minimum Gasteiger partial charge on any atom is -0.398 e. The van der Waals surface area contributed by atoms with Gasteiger partial charge in [0.05, 0.1) is 0 Å². The molecule has 1 nitrogen and oxygen atoms in total. The number of anilines is 1. The van der Waals surface area contributed by atoms with Gasteiger partial charge >= 0.3 is 0 Å². The van der Waals surface area contributed by atoms with Crippen molar-refractivity contribution in [3.63, 3.8) is 0 Å². The Hall–Kier alpha value is -0.700. The second kappa shape index (κ2) is 5.58. The fourth-order valence-electron chi connectivity index (χ4n) is 2.17. The van der Waals surface area contributed by atoms with E-state index in [4.69, 9.17) is 5.73 Å². The molecule has 1 aliphatic carbocycles. The van der Waals surface area contributed by atoms with E-state index in [1.54, 1.807) is 6.07 Å². The van der Waals surface area contributed by atoms with Gasteiger partial charge in [-0.2, -0.15) is 0 Å². The van der Waals surface area contributed by atoms with Gasteiger partial charge in [0.15, 0.2) is 0 Å². The van der Waals surface area contributed by atoms with E-state index in [1.807, 2.05) is 11.8 Å². The van der Waals surface area contributed by atoms with Gasteiger partial charge in [-0.1, -0.05) is 25.7 Å². The third-order valence-electron chi connectivity index (χ3n) is 3.07. The highest BCUT2D eigenvalue weighted by molar-refractivity contribution is 8.00. The topological polar surface area (TPSA) is 26.0 Å². The molecule has 1 fully saturated rings. The van der Waals surface area contributed by atoms with E-state index in [9.17, 15) is 4.39 Å². The Morgan fingerprint density at radius 3 is 2.44 bits per heavy atom. The summed E-state index contributed by atoms with van der Waals surface area (Å²) >= 11 is 1.82. The van der Waals surface area contributed by atoms with Gasteiger partial charge in [0.2, 0.25) is 0 Å². The predicted molar refractivity (Wildman–Crippen MR) is 68.2 cm³/mol.